The number of aliphatic imine (C=N–C) groups is 1. The first-order chi connectivity index (χ1) is 25.1. The van der Waals surface area contributed by atoms with Gasteiger partial charge < -0.3 is 24.8 Å². The predicted molar refractivity (Wildman–Crippen MR) is 209 cm³/mol. The Kier molecular flexibility index (Phi) is 16.4. The highest BCUT2D eigenvalue weighted by atomic mass is 35.5. The first-order valence-electron chi connectivity index (χ1n) is 18.8. The minimum absolute atomic E-state index is 0. The zero-order valence-corrected chi connectivity index (χ0v) is 30.9. The fraction of sp³-hybridized carbons (Fsp3) is 0.676. The van der Waals surface area contributed by atoms with Gasteiger partial charge in [-0.3, -0.25) is 4.57 Å². The minimum Gasteiger partial charge on any atom is -0.502 e. The summed E-state index contributed by atoms with van der Waals surface area (Å²) in [6.07, 6.45) is 28.9. The maximum absolute atomic E-state index is 6.17. The summed E-state index contributed by atoms with van der Waals surface area (Å²) in [5, 5.41) is 10.3. The van der Waals surface area contributed by atoms with Crippen molar-refractivity contribution in [1.29, 1.82) is 0 Å². The molecule has 3 N–H and O–H groups in total. The van der Waals surface area contributed by atoms with E-state index in [0.29, 0.717) is 29.4 Å². The van der Waals surface area contributed by atoms with Crippen molar-refractivity contribution in [1.82, 2.24) is 29.5 Å². The second-order valence-electron chi connectivity index (χ2n) is 13.5. The van der Waals surface area contributed by atoms with Gasteiger partial charge in [0.1, 0.15) is 6.23 Å². The molecule has 0 bridgehead atoms. The van der Waals surface area contributed by atoms with Gasteiger partial charge in [0, 0.05) is 31.9 Å². The van der Waals surface area contributed by atoms with Crippen LogP contribution in [0.25, 0.3) is 11.2 Å². The van der Waals surface area contributed by atoms with E-state index in [-0.39, 0.29) is 24.2 Å². The molecule has 15 heteroatoms. The summed E-state index contributed by atoms with van der Waals surface area (Å²) in [7, 11) is 0. The molecule has 13 nitrogen and oxygen atoms in total. The molecule has 0 aromatic carbocycles. The number of nitrogens with one attached hydrogen (secondary N) is 3. The summed E-state index contributed by atoms with van der Waals surface area (Å²) < 4.78 is 17.7. The number of hydrogen-bond donors (Lipinski definition) is 3. The van der Waals surface area contributed by atoms with E-state index in [4.69, 9.17) is 37.4 Å². The van der Waals surface area contributed by atoms with Crippen LogP contribution >= 0.6 is 23.2 Å². The number of allylic oxidation sites excluding steroid dienone is 1. The second-order valence-corrected chi connectivity index (χ2v) is 14.2. The number of nitrogens with zero attached hydrogens (tertiary/aromatic N) is 7. The Morgan fingerprint density at radius 1 is 0.731 bits per heavy atom. The van der Waals surface area contributed by atoms with Crippen molar-refractivity contribution in [3.05, 3.63) is 29.2 Å². The van der Waals surface area contributed by atoms with Crippen molar-refractivity contribution in [2.75, 3.05) is 42.4 Å². The monoisotopic (exact) mass is 757 g/mol. The number of anilines is 3. The lowest BCUT2D eigenvalue weighted by Gasteiger charge is -2.24. The van der Waals surface area contributed by atoms with Crippen LogP contribution in [0.15, 0.2) is 23.7 Å². The summed E-state index contributed by atoms with van der Waals surface area (Å²) in [6.45, 7) is 3.70. The molecule has 4 fully saturated rings. The molecule has 6 aliphatic rings. The van der Waals surface area contributed by atoms with Gasteiger partial charge in [-0.2, -0.15) is 20.3 Å². The Morgan fingerprint density at radius 3 is 1.96 bits per heavy atom. The van der Waals surface area contributed by atoms with E-state index in [1.807, 2.05) is 10.6 Å². The number of imidazole rings is 1. The van der Waals surface area contributed by atoms with E-state index >= 15 is 0 Å². The number of hydrogen-bond acceptors (Lipinski definition) is 12. The molecule has 1 atom stereocenters. The first kappa shape index (κ1) is 39.8. The number of aromatic nitrogens is 6. The van der Waals surface area contributed by atoms with Gasteiger partial charge in [-0.1, -0.05) is 46.0 Å². The Morgan fingerprint density at radius 2 is 1.38 bits per heavy atom. The predicted octanol–water partition coefficient (Wildman–Crippen LogP) is 9.50. The van der Waals surface area contributed by atoms with Crippen LogP contribution in [0.5, 0.6) is 0 Å². The highest BCUT2D eigenvalue weighted by Crippen LogP contribution is 2.36. The molecule has 284 valence electrons. The lowest BCUT2D eigenvalue weighted by Crippen LogP contribution is -2.23. The summed E-state index contributed by atoms with van der Waals surface area (Å²) in [5.41, 5.74) is 2.25. The molecule has 0 spiro atoms. The quantitative estimate of drug-likeness (QED) is 0.169. The van der Waals surface area contributed by atoms with Crippen LogP contribution in [-0.4, -0.2) is 74.3 Å². The van der Waals surface area contributed by atoms with Gasteiger partial charge in [0.15, 0.2) is 17.0 Å². The third kappa shape index (κ3) is 11.8. The molecule has 9 rings (SSSR count). The molecular formula is C37H55Cl2N10O3+. The first-order valence-corrected chi connectivity index (χ1v) is 19.6. The smallest absolute Gasteiger partial charge is 0.321 e. The van der Waals surface area contributed by atoms with Crippen LogP contribution in [0.2, 0.25) is 10.6 Å². The van der Waals surface area contributed by atoms with Gasteiger partial charge in [-0.25, -0.2) is 4.98 Å². The van der Waals surface area contributed by atoms with Crippen LogP contribution in [0.3, 0.4) is 0 Å². The lowest BCUT2D eigenvalue weighted by molar-refractivity contribution is -0.0298. The maximum Gasteiger partial charge on any atom is 0.321 e. The zero-order chi connectivity index (χ0) is 35.1. The van der Waals surface area contributed by atoms with E-state index in [2.05, 4.69) is 52.2 Å². The van der Waals surface area contributed by atoms with Crippen molar-refractivity contribution in [2.24, 2.45) is 4.99 Å². The molecule has 3 aromatic heterocycles. The molecule has 2 saturated heterocycles. The highest BCUT2D eigenvalue weighted by Gasteiger charge is 2.29. The van der Waals surface area contributed by atoms with E-state index in [0.717, 1.165) is 62.7 Å². The number of rotatable bonds is 5. The summed E-state index contributed by atoms with van der Waals surface area (Å²) in [6, 6.07) is 0.920. The Balaban J connectivity index is 0.000000156. The Bertz CT molecular complexity index is 1550. The SMILES string of the molecule is C.C1=COCCC1.C1CCOC1.Clc1nc(NC2CCCCC2)c2ncn(C3CCCCO3)c2n1.Clc1nc2c(c(NC3CCCCC3)n1)N=[C+]N2. The lowest BCUT2D eigenvalue weighted by atomic mass is 9.95. The summed E-state index contributed by atoms with van der Waals surface area (Å²) in [4.78, 5) is 25.7. The van der Waals surface area contributed by atoms with Crippen LogP contribution in [-0.2, 0) is 14.2 Å². The fourth-order valence-corrected chi connectivity index (χ4v) is 7.22. The molecule has 7 heterocycles. The standard InChI is InChI=1S/C16H22ClN5O.C11H13ClN5.C5H8O.C4H8O.CH4/c17-16-20-14(19-11-6-2-1-3-7-11)13-15(21-16)22(10-18-13)12-8-4-5-9-23-12;12-11-16-9-8(13-6-14-9)10(17-11)15-7-4-2-1-3-5-7;1-2-4-6-5-3-1;1-2-4-5-3-1;/h10-12H,1-9H2,(H,19,20,21);7H,1-5H2,(H2,13,14,15,16,17);2,4H,1,3,5H2;1-4H2;1H4/q;+1;;;. The van der Waals surface area contributed by atoms with Gasteiger partial charge in [0.25, 0.3) is 6.34 Å². The van der Waals surface area contributed by atoms with Crippen molar-refractivity contribution in [3.8, 4) is 0 Å². The average molecular weight is 759 g/mol. The van der Waals surface area contributed by atoms with Gasteiger partial charge in [-0.15, -0.1) is 4.98 Å². The molecule has 2 saturated carbocycles. The second kappa shape index (κ2) is 21.4. The number of halogens is 2. The molecule has 4 aliphatic heterocycles. The summed E-state index contributed by atoms with van der Waals surface area (Å²) >= 11 is 12.0. The molecule has 1 unspecified atom stereocenters. The fourth-order valence-electron chi connectivity index (χ4n) is 6.88. The Hall–Kier alpha value is -3.35. The van der Waals surface area contributed by atoms with Crippen molar-refractivity contribution in [2.45, 2.75) is 135 Å². The number of ether oxygens (including phenoxy) is 3. The topological polar surface area (TPSA) is 146 Å². The molecule has 0 radical (unpaired) electrons. The largest absolute Gasteiger partial charge is 0.502 e. The maximum atomic E-state index is 6.17. The van der Waals surface area contributed by atoms with Crippen LogP contribution in [0.1, 0.15) is 123 Å². The third-order valence-corrected chi connectivity index (χ3v) is 9.94. The Labute approximate surface area is 318 Å². The third-order valence-electron chi connectivity index (χ3n) is 9.60. The number of fused-ring (bicyclic) bond motifs is 2. The van der Waals surface area contributed by atoms with Gasteiger partial charge >= 0.3 is 11.5 Å². The van der Waals surface area contributed by atoms with E-state index < -0.39 is 0 Å². The average Bonchev–Trinajstić information content (AvgIpc) is 3.98. The van der Waals surface area contributed by atoms with E-state index in [1.54, 1.807) is 12.6 Å². The molecule has 2 aliphatic carbocycles. The highest BCUT2D eigenvalue weighted by molar-refractivity contribution is 6.29. The van der Waals surface area contributed by atoms with Crippen molar-refractivity contribution < 1.29 is 14.2 Å². The molecular weight excluding hydrogens is 703 g/mol. The normalized spacial score (nSPS) is 20.9. The molecule has 3 aromatic rings. The zero-order valence-electron chi connectivity index (χ0n) is 29.4. The van der Waals surface area contributed by atoms with E-state index in [1.165, 1.54) is 89.9 Å². The van der Waals surface area contributed by atoms with Crippen LogP contribution < -0.4 is 16.0 Å². The summed E-state index contributed by atoms with van der Waals surface area (Å²) in [5.74, 6) is 2.09. The van der Waals surface area contributed by atoms with Crippen molar-refractivity contribution >= 4 is 63.8 Å². The van der Waals surface area contributed by atoms with Crippen molar-refractivity contribution in [3.63, 3.8) is 0 Å². The van der Waals surface area contributed by atoms with E-state index in [9.17, 15) is 0 Å². The molecule has 52 heavy (non-hydrogen) atoms. The van der Waals surface area contributed by atoms with Gasteiger partial charge in [-0.05, 0) is 105 Å². The molecule has 0 amide bonds. The van der Waals surface area contributed by atoms with Gasteiger partial charge in [0.2, 0.25) is 16.4 Å². The van der Waals surface area contributed by atoms with Gasteiger partial charge in [0.05, 0.1) is 19.2 Å². The minimum atomic E-state index is 0. The van der Waals surface area contributed by atoms with Crippen LogP contribution in [0.4, 0.5) is 23.1 Å². The van der Waals surface area contributed by atoms with Crippen LogP contribution in [0, 0.1) is 0 Å².